The van der Waals surface area contributed by atoms with E-state index < -0.39 is 0 Å². The molecule has 2 aromatic rings. The van der Waals surface area contributed by atoms with Crippen molar-refractivity contribution in [1.82, 2.24) is 4.90 Å². The number of piperidine rings is 1. The number of hydrogen-bond donors (Lipinski definition) is 0. The van der Waals surface area contributed by atoms with Gasteiger partial charge in [-0.3, -0.25) is 0 Å². The largest absolute Gasteiger partial charge is 0.303 e. The van der Waals surface area contributed by atoms with Crippen molar-refractivity contribution in [2.75, 3.05) is 13.6 Å². The van der Waals surface area contributed by atoms with Gasteiger partial charge in [0.25, 0.3) is 0 Å². The number of likely N-dealkylation sites (tertiary alicyclic amines) is 1. The number of hydrogen-bond acceptors (Lipinski definition) is 1. The number of benzene rings is 2. The van der Waals surface area contributed by atoms with E-state index in [0.29, 0.717) is 6.04 Å². The van der Waals surface area contributed by atoms with Crippen molar-refractivity contribution in [3.05, 3.63) is 76.9 Å². The van der Waals surface area contributed by atoms with Gasteiger partial charge < -0.3 is 4.90 Å². The number of nitrogens with zero attached hydrogens (tertiary/aromatic N) is 1. The van der Waals surface area contributed by atoms with Crippen molar-refractivity contribution >= 4 is 5.57 Å². The fourth-order valence-electron chi connectivity index (χ4n) is 4.53. The lowest BCUT2D eigenvalue weighted by Gasteiger charge is -2.32. The van der Waals surface area contributed by atoms with E-state index in [-0.39, 0.29) is 0 Å². The Balaban J connectivity index is 1.75. The smallest absolute Gasteiger partial charge is 0.0127 e. The maximum atomic E-state index is 2.56. The van der Waals surface area contributed by atoms with E-state index in [1.807, 2.05) is 0 Å². The van der Waals surface area contributed by atoms with Crippen molar-refractivity contribution in [3.63, 3.8) is 0 Å². The number of aryl methyl sites for hydroxylation is 2. The quantitative estimate of drug-likeness (QED) is 0.704. The van der Waals surface area contributed by atoms with Crippen LogP contribution in [0.4, 0.5) is 0 Å². The zero-order valence-corrected chi connectivity index (χ0v) is 15.4. The first-order valence-electron chi connectivity index (χ1n) is 9.90. The van der Waals surface area contributed by atoms with Crippen molar-refractivity contribution in [3.8, 4) is 0 Å². The second-order valence-electron chi connectivity index (χ2n) is 7.65. The van der Waals surface area contributed by atoms with E-state index in [0.717, 1.165) is 6.42 Å². The zero-order chi connectivity index (χ0) is 17.1. The van der Waals surface area contributed by atoms with Crippen molar-refractivity contribution in [2.24, 2.45) is 0 Å². The highest BCUT2D eigenvalue weighted by Crippen LogP contribution is 2.33. The topological polar surface area (TPSA) is 3.24 Å². The SMILES string of the molecule is CN1CCCCC1CC=C1c2ccccc2CCCc2ccccc21. The third-order valence-electron chi connectivity index (χ3n) is 6.02. The molecule has 0 amide bonds. The van der Waals surface area contributed by atoms with Gasteiger partial charge in [-0.2, -0.15) is 0 Å². The Morgan fingerprint density at radius 1 is 0.880 bits per heavy atom. The molecule has 1 heterocycles. The fourth-order valence-corrected chi connectivity index (χ4v) is 4.53. The van der Waals surface area contributed by atoms with Crippen LogP contribution >= 0.6 is 0 Å². The summed E-state index contributed by atoms with van der Waals surface area (Å²) in [6.07, 6.45) is 11.4. The fraction of sp³-hybridized carbons (Fsp3) is 0.417. The van der Waals surface area contributed by atoms with Gasteiger partial charge in [-0.15, -0.1) is 0 Å². The molecule has 1 aliphatic heterocycles. The molecule has 1 unspecified atom stereocenters. The molecule has 1 nitrogen and oxygen atoms in total. The van der Waals surface area contributed by atoms with Gasteiger partial charge in [-0.05, 0) is 79.9 Å². The van der Waals surface area contributed by atoms with Crippen molar-refractivity contribution in [2.45, 2.75) is 51.0 Å². The second kappa shape index (κ2) is 7.58. The first-order chi connectivity index (χ1) is 12.3. The summed E-state index contributed by atoms with van der Waals surface area (Å²) in [6, 6.07) is 18.8. The van der Waals surface area contributed by atoms with Gasteiger partial charge in [0.15, 0.2) is 0 Å². The monoisotopic (exact) mass is 331 g/mol. The van der Waals surface area contributed by atoms with Crippen LogP contribution in [0.15, 0.2) is 54.6 Å². The normalized spacial score (nSPS) is 21.0. The molecule has 0 N–H and O–H groups in total. The summed E-state index contributed by atoms with van der Waals surface area (Å²) >= 11 is 0. The molecule has 1 fully saturated rings. The standard InChI is InChI=1S/C24H29N/c1-25-18-7-6-13-21(25)16-17-24-22-14-4-2-9-19(22)11-8-12-20-10-3-5-15-23(20)24/h2-5,9-10,14-15,17,21H,6-8,11-13,16,18H2,1H3. The summed E-state index contributed by atoms with van der Waals surface area (Å²) in [5.41, 5.74) is 7.40. The molecule has 0 spiro atoms. The summed E-state index contributed by atoms with van der Waals surface area (Å²) in [7, 11) is 2.29. The van der Waals surface area contributed by atoms with E-state index in [1.54, 1.807) is 0 Å². The van der Waals surface area contributed by atoms with Crippen molar-refractivity contribution < 1.29 is 0 Å². The molecule has 25 heavy (non-hydrogen) atoms. The first kappa shape index (κ1) is 16.6. The molecule has 0 bridgehead atoms. The Bertz CT molecular complexity index is 709. The highest BCUT2D eigenvalue weighted by Gasteiger charge is 2.20. The third-order valence-corrected chi connectivity index (χ3v) is 6.02. The summed E-state index contributed by atoms with van der Waals surface area (Å²) in [4.78, 5) is 2.56. The van der Waals surface area contributed by atoms with Gasteiger partial charge >= 0.3 is 0 Å². The molecule has 1 heteroatoms. The zero-order valence-electron chi connectivity index (χ0n) is 15.4. The second-order valence-corrected chi connectivity index (χ2v) is 7.65. The molecular formula is C24H29N. The summed E-state index contributed by atoms with van der Waals surface area (Å²) in [5, 5.41) is 0. The van der Waals surface area contributed by atoms with E-state index >= 15 is 0 Å². The van der Waals surface area contributed by atoms with E-state index in [9.17, 15) is 0 Å². The molecule has 4 rings (SSSR count). The molecule has 1 saturated heterocycles. The minimum atomic E-state index is 0.700. The average molecular weight is 332 g/mol. The minimum Gasteiger partial charge on any atom is -0.303 e. The van der Waals surface area contributed by atoms with Crippen LogP contribution in [0.25, 0.3) is 5.57 Å². The predicted octanol–water partition coefficient (Wildman–Crippen LogP) is 5.48. The molecule has 0 aromatic heterocycles. The van der Waals surface area contributed by atoms with Crippen LogP contribution in [0, 0.1) is 0 Å². The van der Waals surface area contributed by atoms with Crippen LogP contribution in [0.1, 0.15) is 54.4 Å². The Kier molecular flexibility index (Phi) is 5.03. The van der Waals surface area contributed by atoms with Gasteiger partial charge in [-0.25, -0.2) is 0 Å². The Morgan fingerprint density at radius 3 is 2.16 bits per heavy atom. The lowest BCUT2D eigenvalue weighted by atomic mass is 9.84. The van der Waals surface area contributed by atoms with Gasteiger partial charge in [-0.1, -0.05) is 61.0 Å². The molecule has 1 aliphatic carbocycles. The van der Waals surface area contributed by atoms with E-state index in [2.05, 4.69) is 66.6 Å². The minimum absolute atomic E-state index is 0.700. The molecule has 2 aromatic carbocycles. The van der Waals surface area contributed by atoms with Crippen LogP contribution in [0.3, 0.4) is 0 Å². The first-order valence-corrected chi connectivity index (χ1v) is 9.90. The Hall–Kier alpha value is -1.86. The molecule has 2 aliphatic rings. The summed E-state index contributed by atoms with van der Waals surface area (Å²) < 4.78 is 0. The average Bonchev–Trinajstić information content (AvgIpc) is 2.64. The van der Waals surface area contributed by atoms with Crippen LogP contribution < -0.4 is 0 Å². The van der Waals surface area contributed by atoms with Gasteiger partial charge in [0.05, 0.1) is 0 Å². The Labute approximate surface area is 152 Å². The van der Waals surface area contributed by atoms with Gasteiger partial charge in [0, 0.05) is 6.04 Å². The van der Waals surface area contributed by atoms with Gasteiger partial charge in [0.1, 0.15) is 0 Å². The van der Waals surface area contributed by atoms with Crippen LogP contribution in [-0.2, 0) is 12.8 Å². The van der Waals surface area contributed by atoms with Crippen LogP contribution in [0.5, 0.6) is 0 Å². The lowest BCUT2D eigenvalue weighted by Crippen LogP contribution is -2.35. The Morgan fingerprint density at radius 2 is 1.52 bits per heavy atom. The lowest BCUT2D eigenvalue weighted by molar-refractivity contribution is 0.187. The van der Waals surface area contributed by atoms with Crippen LogP contribution in [-0.4, -0.2) is 24.5 Å². The summed E-state index contributed by atoms with van der Waals surface area (Å²) in [6.45, 7) is 1.25. The van der Waals surface area contributed by atoms with E-state index in [1.165, 1.54) is 72.9 Å². The molecule has 0 saturated carbocycles. The molecule has 0 radical (unpaired) electrons. The van der Waals surface area contributed by atoms with Crippen LogP contribution in [0.2, 0.25) is 0 Å². The predicted molar refractivity (Wildman–Crippen MR) is 107 cm³/mol. The highest BCUT2D eigenvalue weighted by atomic mass is 15.1. The maximum Gasteiger partial charge on any atom is 0.0127 e. The molecule has 1 atom stereocenters. The molecule has 130 valence electrons. The van der Waals surface area contributed by atoms with E-state index in [4.69, 9.17) is 0 Å². The number of rotatable bonds is 2. The van der Waals surface area contributed by atoms with Crippen molar-refractivity contribution in [1.29, 1.82) is 0 Å². The van der Waals surface area contributed by atoms with Gasteiger partial charge in [0.2, 0.25) is 0 Å². The number of fused-ring (bicyclic) bond motifs is 2. The third kappa shape index (κ3) is 3.57. The summed E-state index contributed by atoms with van der Waals surface area (Å²) in [5.74, 6) is 0. The maximum absolute atomic E-state index is 2.56. The highest BCUT2D eigenvalue weighted by molar-refractivity contribution is 5.83. The molecular weight excluding hydrogens is 302 g/mol.